The summed E-state index contributed by atoms with van der Waals surface area (Å²) in [5.74, 6) is 0. The second-order valence-corrected chi connectivity index (χ2v) is 5.68. The number of aryl methyl sites for hydroxylation is 2. The van der Waals surface area contributed by atoms with Crippen molar-refractivity contribution in [3.63, 3.8) is 0 Å². The van der Waals surface area contributed by atoms with Gasteiger partial charge < -0.3 is 5.32 Å². The number of halogens is 1. The fraction of sp³-hybridized carbons (Fsp3) is 0.357. The second-order valence-electron chi connectivity index (χ2n) is 4.76. The molecule has 21 heavy (non-hydrogen) atoms. The average Bonchev–Trinajstić information content (AvgIpc) is 2.79. The van der Waals surface area contributed by atoms with Gasteiger partial charge in [-0.1, -0.05) is 22.9 Å². The summed E-state index contributed by atoms with van der Waals surface area (Å²) in [5, 5.41) is 18.6. The van der Waals surface area contributed by atoms with Gasteiger partial charge in [-0.15, -0.1) is 0 Å². The van der Waals surface area contributed by atoms with Crippen LogP contribution in [0.2, 0.25) is 0 Å². The number of nitro benzene ring substituents is 1. The minimum Gasteiger partial charge on any atom is -0.308 e. The van der Waals surface area contributed by atoms with Gasteiger partial charge in [0.05, 0.1) is 10.6 Å². The molecule has 1 heterocycles. The lowest BCUT2D eigenvalue weighted by atomic mass is 10.1. The molecule has 112 valence electrons. The van der Waals surface area contributed by atoms with Crippen LogP contribution in [0.15, 0.2) is 28.9 Å². The van der Waals surface area contributed by atoms with Crippen LogP contribution in [0.25, 0.3) is 0 Å². The Kier molecular flexibility index (Phi) is 5.08. The van der Waals surface area contributed by atoms with E-state index in [9.17, 15) is 10.1 Å². The van der Waals surface area contributed by atoms with Crippen LogP contribution in [0, 0.1) is 10.1 Å². The van der Waals surface area contributed by atoms with E-state index in [0.717, 1.165) is 22.2 Å². The third-order valence-electron chi connectivity index (χ3n) is 3.20. The maximum Gasteiger partial charge on any atom is 0.273 e. The highest BCUT2D eigenvalue weighted by Crippen LogP contribution is 2.23. The van der Waals surface area contributed by atoms with E-state index in [1.54, 1.807) is 16.8 Å². The summed E-state index contributed by atoms with van der Waals surface area (Å²) < 4.78 is 2.62. The lowest BCUT2D eigenvalue weighted by molar-refractivity contribution is -0.385. The third kappa shape index (κ3) is 3.89. The minimum atomic E-state index is -0.356. The molecule has 1 aromatic carbocycles. The summed E-state index contributed by atoms with van der Waals surface area (Å²) in [6, 6.07) is 4.97. The molecule has 0 atom stereocenters. The van der Waals surface area contributed by atoms with E-state index in [2.05, 4.69) is 33.3 Å². The molecule has 0 aliphatic carbocycles. The Morgan fingerprint density at radius 1 is 1.38 bits per heavy atom. The van der Waals surface area contributed by atoms with Crippen molar-refractivity contribution < 1.29 is 4.92 Å². The van der Waals surface area contributed by atoms with E-state index in [1.807, 2.05) is 13.2 Å². The monoisotopic (exact) mass is 352 g/mol. The molecular formula is C14H17BrN4O2. The molecule has 0 saturated carbocycles. The molecule has 0 spiro atoms. The van der Waals surface area contributed by atoms with Crippen LogP contribution in [0.4, 0.5) is 5.69 Å². The molecule has 1 aromatic heterocycles. The van der Waals surface area contributed by atoms with E-state index in [-0.39, 0.29) is 10.6 Å². The van der Waals surface area contributed by atoms with Crippen molar-refractivity contribution in [3.05, 3.63) is 55.8 Å². The first-order chi connectivity index (χ1) is 10.0. The predicted octanol–water partition coefficient (Wildman–Crippen LogP) is 2.94. The third-order valence-corrected chi connectivity index (χ3v) is 3.69. The quantitative estimate of drug-likeness (QED) is 0.640. The number of benzene rings is 1. The number of nitrogens with one attached hydrogen (secondary N) is 1. The molecule has 0 aliphatic rings. The first-order valence-corrected chi connectivity index (χ1v) is 7.45. The van der Waals surface area contributed by atoms with Gasteiger partial charge in [-0.2, -0.15) is 5.10 Å². The van der Waals surface area contributed by atoms with Crippen molar-refractivity contribution in [3.8, 4) is 0 Å². The van der Waals surface area contributed by atoms with Gasteiger partial charge in [-0.3, -0.25) is 14.8 Å². The summed E-state index contributed by atoms with van der Waals surface area (Å²) >= 11 is 3.34. The SMILES string of the molecule is CCc1nn(C)cc1CNCc1cc(Br)ccc1[N+](=O)[O-]. The first kappa shape index (κ1) is 15.7. The zero-order valence-electron chi connectivity index (χ0n) is 12.0. The van der Waals surface area contributed by atoms with Gasteiger partial charge in [-0.25, -0.2) is 0 Å². The van der Waals surface area contributed by atoms with Crippen molar-refractivity contribution in [2.45, 2.75) is 26.4 Å². The maximum absolute atomic E-state index is 11.0. The Labute approximate surface area is 131 Å². The summed E-state index contributed by atoms with van der Waals surface area (Å²) in [6.45, 7) is 3.14. The zero-order chi connectivity index (χ0) is 15.4. The fourth-order valence-corrected chi connectivity index (χ4v) is 2.64. The van der Waals surface area contributed by atoms with Gasteiger partial charge in [0.2, 0.25) is 0 Å². The first-order valence-electron chi connectivity index (χ1n) is 6.66. The molecule has 0 unspecified atom stereocenters. The zero-order valence-corrected chi connectivity index (χ0v) is 13.6. The van der Waals surface area contributed by atoms with Crippen LogP contribution in [-0.2, 0) is 26.6 Å². The highest BCUT2D eigenvalue weighted by atomic mass is 79.9. The molecule has 1 N–H and O–H groups in total. The Hall–Kier alpha value is -1.73. The predicted molar refractivity (Wildman–Crippen MR) is 83.9 cm³/mol. The van der Waals surface area contributed by atoms with E-state index < -0.39 is 0 Å². The minimum absolute atomic E-state index is 0.132. The summed E-state index contributed by atoms with van der Waals surface area (Å²) in [6.07, 6.45) is 2.84. The number of aromatic nitrogens is 2. The molecule has 2 rings (SSSR count). The molecule has 0 bridgehead atoms. The average molecular weight is 353 g/mol. The lowest BCUT2D eigenvalue weighted by Gasteiger charge is -2.06. The van der Waals surface area contributed by atoms with Crippen molar-refractivity contribution in [1.29, 1.82) is 0 Å². The summed E-state index contributed by atoms with van der Waals surface area (Å²) in [4.78, 5) is 10.7. The number of hydrogen-bond donors (Lipinski definition) is 1. The molecule has 0 amide bonds. The number of nitro groups is 1. The Balaban J connectivity index is 2.06. The van der Waals surface area contributed by atoms with Crippen LogP contribution in [-0.4, -0.2) is 14.7 Å². The molecule has 0 aliphatic heterocycles. The second kappa shape index (κ2) is 6.82. The van der Waals surface area contributed by atoms with Gasteiger partial charge in [-0.05, 0) is 18.6 Å². The highest BCUT2D eigenvalue weighted by Gasteiger charge is 2.13. The standard InChI is InChI=1S/C14H17BrN4O2/c1-3-13-11(9-18(2)17-13)8-16-7-10-6-12(15)4-5-14(10)19(20)21/h4-6,9,16H,3,7-8H2,1-2H3. The van der Waals surface area contributed by atoms with Crippen molar-refractivity contribution in [2.75, 3.05) is 0 Å². The normalized spacial score (nSPS) is 10.8. The summed E-state index contributed by atoms with van der Waals surface area (Å²) in [7, 11) is 1.89. The van der Waals surface area contributed by atoms with E-state index in [4.69, 9.17) is 0 Å². The van der Waals surface area contributed by atoms with Crippen LogP contribution in [0.1, 0.15) is 23.7 Å². The topological polar surface area (TPSA) is 73.0 Å². The Bertz CT molecular complexity index is 654. The van der Waals surface area contributed by atoms with Gasteiger partial charge in [0, 0.05) is 48.0 Å². The molecule has 0 radical (unpaired) electrons. The number of hydrogen-bond acceptors (Lipinski definition) is 4. The highest BCUT2D eigenvalue weighted by molar-refractivity contribution is 9.10. The van der Waals surface area contributed by atoms with Crippen molar-refractivity contribution in [1.82, 2.24) is 15.1 Å². The Morgan fingerprint density at radius 3 is 2.76 bits per heavy atom. The van der Waals surface area contributed by atoms with Crippen LogP contribution >= 0.6 is 15.9 Å². The number of rotatable bonds is 6. The molecule has 0 fully saturated rings. The Morgan fingerprint density at radius 2 is 2.10 bits per heavy atom. The van der Waals surface area contributed by atoms with Crippen LogP contribution in [0.5, 0.6) is 0 Å². The van der Waals surface area contributed by atoms with E-state index >= 15 is 0 Å². The largest absolute Gasteiger partial charge is 0.308 e. The lowest BCUT2D eigenvalue weighted by Crippen LogP contribution is -2.14. The van der Waals surface area contributed by atoms with Crippen molar-refractivity contribution in [2.24, 2.45) is 7.05 Å². The summed E-state index contributed by atoms with van der Waals surface area (Å²) in [5.41, 5.74) is 2.97. The fourth-order valence-electron chi connectivity index (χ4n) is 2.23. The number of nitrogens with zero attached hydrogens (tertiary/aromatic N) is 3. The smallest absolute Gasteiger partial charge is 0.273 e. The van der Waals surface area contributed by atoms with Gasteiger partial charge in [0.25, 0.3) is 5.69 Å². The molecule has 6 nitrogen and oxygen atoms in total. The van der Waals surface area contributed by atoms with Gasteiger partial charge in [0.15, 0.2) is 0 Å². The molecule has 2 aromatic rings. The molecule has 7 heteroatoms. The van der Waals surface area contributed by atoms with Crippen LogP contribution in [0.3, 0.4) is 0 Å². The van der Waals surface area contributed by atoms with Crippen molar-refractivity contribution >= 4 is 21.6 Å². The molecular weight excluding hydrogens is 336 g/mol. The van der Waals surface area contributed by atoms with Gasteiger partial charge in [0.1, 0.15) is 0 Å². The van der Waals surface area contributed by atoms with E-state index in [0.29, 0.717) is 18.7 Å². The van der Waals surface area contributed by atoms with Crippen LogP contribution < -0.4 is 5.32 Å². The van der Waals surface area contributed by atoms with Gasteiger partial charge >= 0.3 is 0 Å². The maximum atomic E-state index is 11.0. The molecule has 0 saturated heterocycles. The van der Waals surface area contributed by atoms with E-state index in [1.165, 1.54) is 6.07 Å².